The molecule has 0 bridgehead atoms. The van der Waals surface area contributed by atoms with Crippen molar-refractivity contribution in [2.45, 2.75) is 45.3 Å². The maximum atomic E-state index is 10.4. The summed E-state index contributed by atoms with van der Waals surface area (Å²) in [5.74, 6) is 0.696. The van der Waals surface area contributed by atoms with Crippen LogP contribution in [0.5, 0.6) is 0 Å². The Morgan fingerprint density at radius 1 is 1.15 bits per heavy atom. The third-order valence-electron chi connectivity index (χ3n) is 3.87. The van der Waals surface area contributed by atoms with Crippen molar-refractivity contribution in [3.05, 3.63) is 35.4 Å². The molecule has 1 aliphatic heterocycles. The first-order valence-corrected chi connectivity index (χ1v) is 7.66. The Hall–Kier alpha value is -0.900. The Morgan fingerprint density at radius 2 is 1.75 bits per heavy atom. The molecule has 1 fully saturated rings. The molecule has 0 aromatic heterocycles. The summed E-state index contributed by atoms with van der Waals surface area (Å²) in [5.41, 5.74) is 2.08. The third kappa shape index (κ3) is 4.89. The van der Waals surface area contributed by atoms with E-state index in [0.29, 0.717) is 25.7 Å². The van der Waals surface area contributed by atoms with Crippen LogP contribution in [-0.2, 0) is 17.7 Å². The number of benzene rings is 1. The normalized spacial score (nSPS) is 18.4. The molecule has 3 heteroatoms. The fourth-order valence-electron chi connectivity index (χ4n) is 2.63. The van der Waals surface area contributed by atoms with Gasteiger partial charge in [0.15, 0.2) is 0 Å². The van der Waals surface area contributed by atoms with Crippen LogP contribution >= 0.6 is 0 Å². The van der Waals surface area contributed by atoms with Gasteiger partial charge in [-0.2, -0.15) is 0 Å². The smallest absolute Gasteiger partial charge is 0.0815 e. The molecule has 0 aliphatic carbocycles. The average Bonchev–Trinajstić information content (AvgIpc) is 2.41. The van der Waals surface area contributed by atoms with E-state index in [1.807, 2.05) is 0 Å². The molecule has 0 amide bonds. The van der Waals surface area contributed by atoms with Gasteiger partial charge in [0.1, 0.15) is 0 Å². The lowest BCUT2D eigenvalue weighted by molar-refractivity contribution is -0.0617. The zero-order valence-electron chi connectivity index (χ0n) is 12.7. The molecule has 0 saturated carbocycles. The predicted molar refractivity (Wildman–Crippen MR) is 81.7 cm³/mol. The highest BCUT2D eigenvalue weighted by molar-refractivity contribution is 5.22. The summed E-state index contributed by atoms with van der Waals surface area (Å²) in [4.78, 5) is 0. The number of ether oxygens (including phenoxy) is 1. The molecule has 1 aromatic rings. The molecule has 1 heterocycles. The lowest BCUT2D eigenvalue weighted by atomic mass is 9.94. The predicted octanol–water partition coefficient (Wildman–Crippen LogP) is 2.52. The first-order valence-electron chi connectivity index (χ1n) is 7.66. The molecule has 20 heavy (non-hydrogen) atoms. The van der Waals surface area contributed by atoms with Gasteiger partial charge < -0.3 is 15.2 Å². The quantitative estimate of drug-likeness (QED) is 0.839. The second kappa shape index (κ2) is 7.21. The highest BCUT2D eigenvalue weighted by Crippen LogP contribution is 2.19. The van der Waals surface area contributed by atoms with Gasteiger partial charge in [-0.25, -0.2) is 0 Å². The van der Waals surface area contributed by atoms with Crippen LogP contribution in [0.3, 0.4) is 0 Å². The molecule has 0 unspecified atom stereocenters. The molecule has 1 aliphatic rings. The van der Waals surface area contributed by atoms with Gasteiger partial charge in [-0.1, -0.05) is 38.1 Å². The number of nitrogens with one attached hydrogen (secondary N) is 1. The van der Waals surface area contributed by atoms with Crippen molar-refractivity contribution < 1.29 is 9.84 Å². The standard InChI is InChI=1S/C17H27NO2/c1-14(2)11-15-3-5-16(6-4-15)12-18-13-17(19)7-9-20-10-8-17/h3-6,14,18-19H,7-13H2,1-2H3. The summed E-state index contributed by atoms with van der Waals surface area (Å²) < 4.78 is 5.29. The first kappa shape index (κ1) is 15.5. The minimum absolute atomic E-state index is 0.587. The van der Waals surface area contributed by atoms with Crippen molar-refractivity contribution in [2.24, 2.45) is 5.92 Å². The lowest BCUT2D eigenvalue weighted by Crippen LogP contribution is -2.44. The molecule has 0 radical (unpaired) electrons. The average molecular weight is 277 g/mol. The summed E-state index contributed by atoms with van der Waals surface area (Å²) in [5, 5.41) is 13.7. The van der Waals surface area contributed by atoms with Crippen LogP contribution in [0.4, 0.5) is 0 Å². The monoisotopic (exact) mass is 277 g/mol. The fourth-order valence-corrected chi connectivity index (χ4v) is 2.63. The van der Waals surface area contributed by atoms with E-state index < -0.39 is 5.60 Å². The van der Waals surface area contributed by atoms with Crippen molar-refractivity contribution in [1.29, 1.82) is 0 Å². The zero-order valence-corrected chi connectivity index (χ0v) is 12.7. The molecule has 1 aromatic carbocycles. The molecule has 2 rings (SSSR count). The van der Waals surface area contributed by atoms with Crippen molar-refractivity contribution >= 4 is 0 Å². The summed E-state index contributed by atoms with van der Waals surface area (Å²) in [6, 6.07) is 8.78. The second-order valence-corrected chi connectivity index (χ2v) is 6.35. The van der Waals surface area contributed by atoms with Gasteiger partial charge >= 0.3 is 0 Å². The number of hydrogen-bond donors (Lipinski definition) is 2. The number of rotatable bonds is 6. The van der Waals surface area contributed by atoms with Gasteiger partial charge in [-0.3, -0.25) is 0 Å². The number of hydrogen-bond acceptors (Lipinski definition) is 3. The summed E-state index contributed by atoms with van der Waals surface area (Å²) in [6.45, 7) is 7.27. The van der Waals surface area contributed by atoms with Gasteiger partial charge in [0.25, 0.3) is 0 Å². The van der Waals surface area contributed by atoms with Crippen LogP contribution in [0.1, 0.15) is 37.8 Å². The zero-order chi connectivity index (χ0) is 14.4. The Labute approximate surface area is 122 Å². The molecule has 0 spiro atoms. The third-order valence-corrected chi connectivity index (χ3v) is 3.87. The summed E-state index contributed by atoms with van der Waals surface area (Å²) in [7, 11) is 0. The summed E-state index contributed by atoms with van der Waals surface area (Å²) in [6.07, 6.45) is 2.59. The largest absolute Gasteiger partial charge is 0.388 e. The highest BCUT2D eigenvalue weighted by Gasteiger charge is 2.28. The van der Waals surface area contributed by atoms with E-state index in [0.717, 1.165) is 25.8 Å². The van der Waals surface area contributed by atoms with E-state index in [1.165, 1.54) is 11.1 Å². The van der Waals surface area contributed by atoms with Crippen LogP contribution in [0.2, 0.25) is 0 Å². The first-order chi connectivity index (χ1) is 9.57. The van der Waals surface area contributed by atoms with E-state index in [1.54, 1.807) is 0 Å². The minimum Gasteiger partial charge on any atom is -0.388 e. The molecular formula is C17H27NO2. The van der Waals surface area contributed by atoms with E-state index in [2.05, 4.69) is 43.4 Å². The lowest BCUT2D eigenvalue weighted by Gasteiger charge is -2.32. The van der Waals surface area contributed by atoms with Crippen molar-refractivity contribution in [3.8, 4) is 0 Å². The molecule has 1 saturated heterocycles. The fraction of sp³-hybridized carbons (Fsp3) is 0.647. The van der Waals surface area contributed by atoms with Gasteiger partial charge in [-0.05, 0) is 23.5 Å². The van der Waals surface area contributed by atoms with Crippen LogP contribution < -0.4 is 5.32 Å². The SMILES string of the molecule is CC(C)Cc1ccc(CNCC2(O)CCOCC2)cc1. The van der Waals surface area contributed by atoms with Gasteiger partial charge in [-0.15, -0.1) is 0 Å². The molecule has 3 nitrogen and oxygen atoms in total. The summed E-state index contributed by atoms with van der Waals surface area (Å²) >= 11 is 0. The van der Waals surface area contributed by atoms with Crippen molar-refractivity contribution in [2.75, 3.05) is 19.8 Å². The Bertz CT molecular complexity index is 394. The van der Waals surface area contributed by atoms with Crippen LogP contribution in [0, 0.1) is 5.92 Å². The topological polar surface area (TPSA) is 41.5 Å². The van der Waals surface area contributed by atoms with Crippen LogP contribution in [0.25, 0.3) is 0 Å². The molecule has 0 atom stereocenters. The van der Waals surface area contributed by atoms with E-state index in [-0.39, 0.29) is 0 Å². The second-order valence-electron chi connectivity index (χ2n) is 6.35. The number of aliphatic hydroxyl groups is 1. The van der Waals surface area contributed by atoms with Gasteiger partial charge in [0.2, 0.25) is 0 Å². The van der Waals surface area contributed by atoms with Gasteiger partial charge in [0, 0.05) is 39.1 Å². The van der Waals surface area contributed by atoms with Crippen molar-refractivity contribution in [3.63, 3.8) is 0 Å². The Balaban J connectivity index is 1.76. The van der Waals surface area contributed by atoms with Crippen molar-refractivity contribution in [1.82, 2.24) is 5.32 Å². The molecular weight excluding hydrogens is 250 g/mol. The Kier molecular flexibility index (Phi) is 5.58. The van der Waals surface area contributed by atoms with E-state index in [9.17, 15) is 5.11 Å². The van der Waals surface area contributed by atoms with Gasteiger partial charge in [0.05, 0.1) is 5.60 Å². The molecule has 112 valence electrons. The maximum absolute atomic E-state index is 10.4. The van der Waals surface area contributed by atoms with Crippen LogP contribution in [0.15, 0.2) is 24.3 Å². The highest BCUT2D eigenvalue weighted by atomic mass is 16.5. The van der Waals surface area contributed by atoms with Crippen LogP contribution in [-0.4, -0.2) is 30.5 Å². The molecule has 2 N–H and O–H groups in total. The maximum Gasteiger partial charge on any atom is 0.0815 e. The van der Waals surface area contributed by atoms with E-state index >= 15 is 0 Å². The Morgan fingerprint density at radius 3 is 2.35 bits per heavy atom. The van der Waals surface area contributed by atoms with E-state index in [4.69, 9.17) is 4.74 Å². The minimum atomic E-state index is -0.587.